The molecule has 0 unspecified atom stereocenters. The second-order valence-corrected chi connectivity index (χ2v) is 7.00. The van der Waals surface area contributed by atoms with Gasteiger partial charge in [-0.1, -0.05) is 12.1 Å². The lowest BCUT2D eigenvalue weighted by Gasteiger charge is -2.12. The molecular weight excluding hydrogens is 471 g/mol. The second-order valence-electron chi connectivity index (χ2n) is 5.24. The first-order chi connectivity index (χ1) is 12.0. The van der Waals surface area contributed by atoms with Crippen LogP contribution in [0.15, 0.2) is 34.2 Å². The summed E-state index contributed by atoms with van der Waals surface area (Å²) < 4.78 is 36.8. The molecule has 1 aromatic rings. The molecular formula is C16H29IN4O4S. The van der Waals surface area contributed by atoms with E-state index in [1.54, 1.807) is 32.4 Å². The lowest BCUT2D eigenvalue weighted by atomic mass is 10.2. The van der Waals surface area contributed by atoms with Gasteiger partial charge in [0, 0.05) is 47.5 Å². The molecule has 0 heterocycles. The molecule has 26 heavy (non-hydrogen) atoms. The summed E-state index contributed by atoms with van der Waals surface area (Å²) in [5.74, 6) is 0.655. The van der Waals surface area contributed by atoms with Crippen LogP contribution in [0, 0.1) is 0 Å². The zero-order valence-corrected chi connectivity index (χ0v) is 18.6. The van der Waals surface area contributed by atoms with Crippen LogP contribution in [0.4, 0.5) is 0 Å². The molecule has 0 atom stereocenters. The molecule has 8 nitrogen and oxygen atoms in total. The summed E-state index contributed by atoms with van der Waals surface area (Å²) in [6.07, 6.45) is 0.873. The average molecular weight is 500 g/mol. The Bertz CT molecular complexity index is 641. The van der Waals surface area contributed by atoms with Crippen LogP contribution in [0.3, 0.4) is 0 Å². The van der Waals surface area contributed by atoms with Crippen molar-refractivity contribution in [1.82, 2.24) is 15.4 Å². The Morgan fingerprint density at radius 1 is 1.12 bits per heavy atom. The Morgan fingerprint density at radius 2 is 1.85 bits per heavy atom. The third-order valence-corrected chi connectivity index (χ3v) is 4.77. The van der Waals surface area contributed by atoms with Crippen LogP contribution >= 0.6 is 24.0 Å². The van der Waals surface area contributed by atoms with Crippen molar-refractivity contribution in [2.45, 2.75) is 17.9 Å². The summed E-state index contributed by atoms with van der Waals surface area (Å²) in [7, 11) is 1.34. The van der Waals surface area contributed by atoms with Gasteiger partial charge in [0.2, 0.25) is 10.0 Å². The highest BCUT2D eigenvalue weighted by Gasteiger charge is 2.13. The summed E-state index contributed by atoms with van der Waals surface area (Å²) in [5.41, 5.74) is 0.842. The largest absolute Gasteiger partial charge is 0.385 e. The van der Waals surface area contributed by atoms with Gasteiger partial charge in [-0.2, -0.15) is 0 Å². The van der Waals surface area contributed by atoms with E-state index in [-0.39, 0.29) is 35.4 Å². The minimum atomic E-state index is -3.54. The number of hydrogen-bond donors (Lipinski definition) is 3. The van der Waals surface area contributed by atoms with E-state index < -0.39 is 10.0 Å². The molecule has 0 fully saturated rings. The van der Waals surface area contributed by atoms with Crippen molar-refractivity contribution >= 4 is 40.0 Å². The van der Waals surface area contributed by atoms with E-state index >= 15 is 0 Å². The van der Waals surface area contributed by atoms with E-state index in [4.69, 9.17) is 9.47 Å². The molecule has 0 saturated carbocycles. The summed E-state index contributed by atoms with van der Waals surface area (Å²) in [5, 5.41) is 6.32. The lowest BCUT2D eigenvalue weighted by molar-refractivity contribution is 0.195. The minimum Gasteiger partial charge on any atom is -0.385 e. The molecule has 1 aromatic carbocycles. The zero-order valence-electron chi connectivity index (χ0n) is 15.4. The highest BCUT2D eigenvalue weighted by atomic mass is 127. The van der Waals surface area contributed by atoms with Crippen molar-refractivity contribution in [3.8, 4) is 0 Å². The van der Waals surface area contributed by atoms with Gasteiger partial charge in [0.15, 0.2) is 5.96 Å². The van der Waals surface area contributed by atoms with Crippen molar-refractivity contribution in [3.63, 3.8) is 0 Å². The number of methoxy groups -OCH3 is 2. The first-order valence-corrected chi connectivity index (χ1v) is 9.52. The first-order valence-electron chi connectivity index (χ1n) is 8.04. The highest BCUT2D eigenvalue weighted by Crippen LogP contribution is 2.11. The molecule has 1 rings (SSSR count). The van der Waals surface area contributed by atoms with Gasteiger partial charge in [-0.15, -0.1) is 24.0 Å². The SMILES string of the molecule is CN=C(NCCCOC)NCc1cccc(S(=O)(=O)NCCOC)c1.I. The van der Waals surface area contributed by atoms with Crippen LogP contribution in [0.1, 0.15) is 12.0 Å². The third-order valence-electron chi connectivity index (χ3n) is 3.31. The standard InChI is InChI=1S/C16H28N4O4S.HI/c1-17-16(18-8-5-10-23-2)19-13-14-6-4-7-15(12-14)25(21,22)20-9-11-24-3;/h4,6-7,12,20H,5,8-11,13H2,1-3H3,(H2,17,18,19);1H. The Balaban J connectivity index is 0.00000625. The molecule has 0 aromatic heterocycles. The van der Waals surface area contributed by atoms with Crippen LogP contribution in [-0.4, -0.2) is 61.9 Å². The van der Waals surface area contributed by atoms with Crippen molar-refractivity contribution in [3.05, 3.63) is 29.8 Å². The van der Waals surface area contributed by atoms with Gasteiger partial charge in [0.05, 0.1) is 11.5 Å². The Labute approximate surface area is 173 Å². The number of aliphatic imine (C=N–C) groups is 1. The molecule has 0 bridgehead atoms. The second kappa shape index (κ2) is 14.2. The van der Waals surface area contributed by atoms with Gasteiger partial charge < -0.3 is 20.1 Å². The predicted octanol–water partition coefficient (Wildman–Crippen LogP) is 0.931. The summed E-state index contributed by atoms with van der Waals surface area (Å²) in [6.45, 7) is 2.45. The molecule has 0 aliphatic heterocycles. The third kappa shape index (κ3) is 9.67. The summed E-state index contributed by atoms with van der Waals surface area (Å²) in [4.78, 5) is 4.36. The van der Waals surface area contributed by atoms with Gasteiger partial charge >= 0.3 is 0 Å². The number of halogens is 1. The van der Waals surface area contributed by atoms with Gasteiger partial charge in [-0.05, 0) is 24.1 Å². The van der Waals surface area contributed by atoms with E-state index in [0.717, 1.165) is 18.5 Å². The van der Waals surface area contributed by atoms with Gasteiger partial charge in [0.25, 0.3) is 0 Å². The molecule has 0 aliphatic carbocycles. The number of nitrogens with one attached hydrogen (secondary N) is 3. The van der Waals surface area contributed by atoms with Crippen LogP contribution < -0.4 is 15.4 Å². The molecule has 0 aliphatic rings. The fraction of sp³-hybridized carbons (Fsp3) is 0.562. The fourth-order valence-electron chi connectivity index (χ4n) is 2.01. The smallest absolute Gasteiger partial charge is 0.240 e. The van der Waals surface area contributed by atoms with Crippen LogP contribution in [-0.2, 0) is 26.0 Å². The average Bonchev–Trinajstić information content (AvgIpc) is 2.61. The predicted molar refractivity (Wildman–Crippen MR) is 114 cm³/mol. The summed E-state index contributed by atoms with van der Waals surface area (Å²) in [6, 6.07) is 6.78. The lowest BCUT2D eigenvalue weighted by Crippen LogP contribution is -2.37. The minimum absolute atomic E-state index is 0. The fourth-order valence-corrected chi connectivity index (χ4v) is 3.10. The number of nitrogens with zero attached hydrogens (tertiary/aromatic N) is 1. The number of guanidine groups is 1. The maximum absolute atomic E-state index is 12.2. The number of rotatable bonds is 11. The van der Waals surface area contributed by atoms with Crippen molar-refractivity contribution < 1.29 is 17.9 Å². The van der Waals surface area contributed by atoms with E-state index in [9.17, 15) is 8.42 Å². The highest BCUT2D eigenvalue weighted by molar-refractivity contribution is 14.0. The summed E-state index contributed by atoms with van der Waals surface area (Å²) >= 11 is 0. The number of hydrogen-bond acceptors (Lipinski definition) is 5. The molecule has 150 valence electrons. The quantitative estimate of drug-likeness (QED) is 0.181. The Hall–Kier alpha value is -0.950. The van der Waals surface area contributed by atoms with Crippen LogP contribution in [0.2, 0.25) is 0 Å². The van der Waals surface area contributed by atoms with Gasteiger partial charge in [0.1, 0.15) is 0 Å². The van der Waals surface area contributed by atoms with E-state index in [0.29, 0.717) is 25.7 Å². The van der Waals surface area contributed by atoms with Crippen molar-refractivity contribution in [2.75, 3.05) is 47.6 Å². The molecule has 0 amide bonds. The van der Waals surface area contributed by atoms with Crippen molar-refractivity contribution in [1.29, 1.82) is 0 Å². The normalized spacial score (nSPS) is 11.7. The molecule has 0 saturated heterocycles. The van der Waals surface area contributed by atoms with E-state index in [2.05, 4.69) is 20.3 Å². The monoisotopic (exact) mass is 500 g/mol. The number of ether oxygens (including phenoxy) is 2. The molecule has 0 radical (unpaired) electrons. The van der Waals surface area contributed by atoms with Crippen LogP contribution in [0.25, 0.3) is 0 Å². The topological polar surface area (TPSA) is 101 Å². The first kappa shape index (κ1) is 25.1. The van der Waals surface area contributed by atoms with Crippen molar-refractivity contribution in [2.24, 2.45) is 4.99 Å². The molecule has 0 spiro atoms. The number of sulfonamides is 1. The Morgan fingerprint density at radius 3 is 2.50 bits per heavy atom. The molecule has 3 N–H and O–H groups in total. The molecule has 10 heteroatoms. The number of benzene rings is 1. The van der Waals surface area contributed by atoms with Crippen LogP contribution in [0.5, 0.6) is 0 Å². The maximum atomic E-state index is 12.2. The van der Waals surface area contributed by atoms with E-state index in [1.165, 1.54) is 7.11 Å². The zero-order chi connectivity index (χ0) is 18.5. The maximum Gasteiger partial charge on any atom is 0.240 e. The van der Waals surface area contributed by atoms with Gasteiger partial charge in [-0.3, -0.25) is 4.99 Å². The van der Waals surface area contributed by atoms with E-state index in [1.807, 2.05) is 6.07 Å². The van der Waals surface area contributed by atoms with Gasteiger partial charge in [-0.25, -0.2) is 13.1 Å². The Kier molecular flexibility index (Phi) is 13.6.